The van der Waals surface area contributed by atoms with E-state index in [1.807, 2.05) is 0 Å². The van der Waals surface area contributed by atoms with Gasteiger partial charge in [0.25, 0.3) is 0 Å². The van der Waals surface area contributed by atoms with Gasteiger partial charge in [-0.3, -0.25) is 0 Å². The molecule has 0 unspecified atom stereocenters. The predicted molar refractivity (Wildman–Crippen MR) is 64.7 cm³/mol. The maximum atomic E-state index is 11.5. The lowest BCUT2D eigenvalue weighted by molar-refractivity contribution is 0.251. The van der Waals surface area contributed by atoms with Crippen LogP contribution in [0.3, 0.4) is 0 Å². The van der Waals surface area contributed by atoms with Crippen LogP contribution in [0, 0.1) is 0 Å². The zero-order valence-electron chi connectivity index (χ0n) is 9.95. The van der Waals surface area contributed by atoms with Gasteiger partial charge in [0.15, 0.2) is 11.5 Å². The molecule has 0 aromatic heterocycles. The number of carbonyl (C=O) groups is 1. The van der Waals surface area contributed by atoms with Crippen LogP contribution in [-0.2, 0) is 0 Å². The van der Waals surface area contributed by atoms with Crippen LogP contribution in [0.5, 0.6) is 11.5 Å². The number of amides is 2. The van der Waals surface area contributed by atoms with Crippen molar-refractivity contribution >= 4 is 11.7 Å². The van der Waals surface area contributed by atoms with E-state index in [9.17, 15) is 4.79 Å². The lowest BCUT2D eigenvalue weighted by atomic mass is 10.3. The Labute approximate surface area is 100 Å². The molecule has 0 saturated heterocycles. The second-order valence-corrected chi connectivity index (χ2v) is 3.94. The number of methoxy groups -OCH3 is 2. The highest BCUT2D eigenvalue weighted by Crippen LogP contribution is 2.29. The molecule has 1 saturated carbocycles. The van der Waals surface area contributed by atoms with Gasteiger partial charge in [-0.2, -0.15) is 0 Å². The maximum absolute atomic E-state index is 11.5. The minimum absolute atomic E-state index is 0.181. The van der Waals surface area contributed by atoms with Gasteiger partial charge in [-0.15, -0.1) is 0 Å². The van der Waals surface area contributed by atoms with E-state index in [1.165, 1.54) is 0 Å². The minimum Gasteiger partial charge on any atom is -0.493 e. The van der Waals surface area contributed by atoms with Crippen molar-refractivity contribution in [2.24, 2.45) is 0 Å². The Morgan fingerprint density at radius 2 is 1.94 bits per heavy atom. The number of hydrogen-bond acceptors (Lipinski definition) is 3. The Bertz CT molecular complexity index is 416. The molecule has 0 bridgehead atoms. The van der Waals surface area contributed by atoms with Crippen LogP contribution in [0.15, 0.2) is 18.2 Å². The first-order chi connectivity index (χ1) is 8.22. The van der Waals surface area contributed by atoms with Gasteiger partial charge >= 0.3 is 6.03 Å². The molecule has 0 atom stereocenters. The lowest BCUT2D eigenvalue weighted by Crippen LogP contribution is -2.30. The van der Waals surface area contributed by atoms with Gasteiger partial charge in [0, 0.05) is 17.8 Å². The number of hydrogen-bond donors (Lipinski definition) is 2. The highest BCUT2D eigenvalue weighted by molar-refractivity contribution is 5.90. The summed E-state index contributed by atoms with van der Waals surface area (Å²) in [6.07, 6.45) is 2.14. The fourth-order valence-corrected chi connectivity index (χ4v) is 1.49. The van der Waals surface area contributed by atoms with E-state index in [1.54, 1.807) is 32.4 Å². The first kappa shape index (κ1) is 11.6. The molecule has 0 spiro atoms. The summed E-state index contributed by atoms with van der Waals surface area (Å²) in [6.45, 7) is 0. The molecule has 5 heteroatoms. The van der Waals surface area contributed by atoms with Crippen molar-refractivity contribution in [3.8, 4) is 11.5 Å². The Kier molecular flexibility index (Phi) is 3.37. The molecule has 1 aromatic rings. The lowest BCUT2D eigenvalue weighted by Gasteiger charge is -2.10. The van der Waals surface area contributed by atoms with Crippen molar-refractivity contribution in [1.82, 2.24) is 5.32 Å². The van der Waals surface area contributed by atoms with Crippen molar-refractivity contribution in [3.63, 3.8) is 0 Å². The highest BCUT2D eigenvalue weighted by Gasteiger charge is 2.23. The van der Waals surface area contributed by atoms with Crippen molar-refractivity contribution in [2.75, 3.05) is 19.5 Å². The van der Waals surface area contributed by atoms with Crippen LogP contribution in [0.2, 0.25) is 0 Å². The molecule has 17 heavy (non-hydrogen) atoms. The van der Waals surface area contributed by atoms with Gasteiger partial charge < -0.3 is 20.1 Å². The second-order valence-electron chi connectivity index (χ2n) is 3.94. The zero-order valence-corrected chi connectivity index (χ0v) is 9.95. The topological polar surface area (TPSA) is 59.6 Å². The van der Waals surface area contributed by atoms with Gasteiger partial charge in [0.2, 0.25) is 0 Å². The first-order valence-corrected chi connectivity index (χ1v) is 5.52. The molecule has 92 valence electrons. The Balaban J connectivity index is 2.02. The van der Waals surface area contributed by atoms with Gasteiger partial charge in [0.05, 0.1) is 14.2 Å². The van der Waals surface area contributed by atoms with Gasteiger partial charge in [0.1, 0.15) is 0 Å². The van der Waals surface area contributed by atoms with Gasteiger partial charge in [-0.25, -0.2) is 4.79 Å². The molecule has 2 N–H and O–H groups in total. The number of carbonyl (C=O) groups excluding carboxylic acids is 1. The molecule has 1 aliphatic carbocycles. The normalized spacial score (nSPS) is 14.0. The quantitative estimate of drug-likeness (QED) is 0.840. The average Bonchev–Trinajstić information content (AvgIpc) is 3.12. The summed E-state index contributed by atoms with van der Waals surface area (Å²) >= 11 is 0. The number of anilines is 1. The summed E-state index contributed by atoms with van der Waals surface area (Å²) in [7, 11) is 3.14. The summed E-state index contributed by atoms with van der Waals surface area (Å²) in [5.41, 5.74) is 0.681. The number of rotatable bonds is 4. The molecule has 2 amide bonds. The molecule has 1 aromatic carbocycles. The van der Waals surface area contributed by atoms with E-state index >= 15 is 0 Å². The molecular formula is C12H16N2O3. The molecule has 1 fully saturated rings. The van der Waals surface area contributed by atoms with Crippen molar-refractivity contribution in [3.05, 3.63) is 18.2 Å². The third-order valence-corrected chi connectivity index (χ3v) is 2.55. The van der Waals surface area contributed by atoms with Crippen LogP contribution in [0.25, 0.3) is 0 Å². The number of urea groups is 1. The van der Waals surface area contributed by atoms with Crippen molar-refractivity contribution in [1.29, 1.82) is 0 Å². The minimum atomic E-state index is -0.181. The molecule has 0 heterocycles. The largest absolute Gasteiger partial charge is 0.493 e. The average molecular weight is 236 g/mol. The molecule has 5 nitrogen and oxygen atoms in total. The van der Waals surface area contributed by atoms with Crippen LogP contribution in [-0.4, -0.2) is 26.3 Å². The third kappa shape index (κ3) is 3.03. The van der Waals surface area contributed by atoms with Gasteiger partial charge in [-0.05, 0) is 25.0 Å². The van der Waals surface area contributed by atoms with Crippen LogP contribution < -0.4 is 20.1 Å². The number of nitrogens with one attached hydrogen (secondary N) is 2. The first-order valence-electron chi connectivity index (χ1n) is 5.52. The molecule has 2 rings (SSSR count). The van der Waals surface area contributed by atoms with Crippen LogP contribution in [0.1, 0.15) is 12.8 Å². The zero-order chi connectivity index (χ0) is 12.3. The van der Waals surface area contributed by atoms with E-state index in [2.05, 4.69) is 10.6 Å². The van der Waals surface area contributed by atoms with Crippen LogP contribution >= 0.6 is 0 Å². The Hall–Kier alpha value is -1.91. The highest BCUT2D eigenvalue weighted by atomic mass is 16.5. The number of ether oxygens (including phenoxy) is 2. The summed E-state index contributed by atoms with van der Waals surface area (Å²) in [5, 5.41) is 5.60. The Morgan fingerprint density at radius 1 is 1.24 bits per heavy atom. The summed E-state index contributed by atoms with van der Waals surface area (Å²) in [5.74, 6) is 1.23. The van der Waals surface area contributed by atoms with Gasteiger partial charge in [-0.1, -0.05) is 0 Å². The third-order valence-electron chi connectivity index (χ3n) is 2.55. The van der Waals surface area contributed by atoms with E-state index < -0.39 is 0 Å². The van der Waals surface area contributed by atoms with Crippen LogP contribution in [0.4, 0.5) is 10.5 Å². The van der Waals surface area contributed by atoms with E-state index in [4.69, 9.17) is 9.47 Å². The fraction of sp³-hybridized carbons (Fsp3) is 0.417. The van der Waals surface area contributed by atoms with E-state index in [0.29, 0.717) is 23.2 Å². The van der Waals surface area contributed by atoms with E-state index in [-0.39, 0.29) is 6.03 Å². The monoisotopic (exact) mass is 236 g/mol. The van der Waals surface area contributed by atoms with E-state index in [0.717, 1.165) is 12.8 Å². The number of benzene rings is 1. The molecule has 0 aliphatic heterocycles. The maximum Gasteiger partial charge on any atom is 0.319 e. The molecule has 1 aliphatic rings. The SMILES string of the molecule is COc1ccc(NC(=O)NC2CC2)cc1OC. The standard InChI is InChI=1S/C12H16N2O3/c1-16-10-6-5-9(7-11(10)17-2)14-12(15)13-8-3-4-8/h5-8H,3-4H2,1-2H3,(H2,13,14,15). The Morgan fingerprint density at radius 3 is 2.53 bits per heavy atom. The molecular weight excluding hydrogens is 220 g/mol. The fourth-order valence-electron chi connectivity index (χ4n) is 1.49. The predicted octanol–water partition coefficient (Wildman–Crippen LogP) is 1.99. The summed E-state index contributed by atoms with van der Waals surface area (Å²) in [6, 6.07) is 5.42. The molecule has 0 radical (unpaired) electrons. The summed E-state index contributed by atoms with van der Waals surface area (Å²) < 4.78 is 10.3. The second kappa shape index (κ2) is 4.95. The van der Waals surface area contributed by atoms with Crippen molar-refractivity contribution < 1.29 is 14.3 Å². The summed E-state index contributed by atoms with van der Waals surface area (Å²) in [4.78, 5) is 11.5. The van der Waals surface area contributed by atoms with Crippen molar-refractivity contribution in [2.45, 2.75) is 18.9 Å². The smallest absolute Gasteiger partial charge is 0.319 e.